The summed E-state index contributed by atoms with van der Waals surface area (Å²) < 4.78 is 2.30. The molecule has 3 heteroatoms. The zero-order chi connectivity index (χ0) is 13.5. The van der Waals surface area contributed by atoms with Gasteiger partial charge in [0.25, 0.3) is 0 Å². The smallest absolute Gasteiger partial charge is 0.140 e. The Morgan fingerprint density at radius 2 is 2.05 bits per heavy atom. The van der Waals surface area contributed by atoms with E-state index in [0.29, 0.717) is 6.54 Å². The van der Waals surface area contributed by atoms with Crippen molar-refractivity contribution in [2.75, 3.05) is 6.54 Å². The van der Waals surface area contributed by atoms with Gasteiger partial charge in [-0.2, -0.15) is 0 Å². The van der Waals surface area contributed by atoms with Crippen LogP contribution in [0.2, 0.25) is 0 Å². The predicted octanol–water partition coefficient (Wildman–Crippen LogP) is 3.51. The lowest BCUT2D eigenvalue weighted by molar-refractivity contribution is 0.575. The molecule has 0 radical (unpaired) electrons. The first kappa shape index (κ1) is 14.1. The number of hydrogen-bond acceptors (Lipinski definition) is 2. The average Bonchev–Trinajstić information content (AvgIpc) is 2.78. The van der Waals surface area contributed by atoms with Gasteiger partial charge in [-0.15, -0.1) is 0 Å². The van der Waals surface area contributed by atoms with Crippen molar-refractivity contribution in [2.45, 2.75) is 52.0 Å². The lowest BCUT2D eigenvalue weighted by atomic mass is 10.1. The number of unbranched alkanes of at least 4 members (excludes halogenated alkanes) is 4. The maximum absolute atomic E-state index is 5.69. The van der Waals surface area contributed by atoms with E-state index in [1.807, 2.05) is 12.3 Å². The topological polar surface area (TPSA) is 43.8 Å². The molecule has 2 heterocycles. The Morgan fingerprint density at radius 3 is 2.84 bits per heavy atom. The van der Waals surface area contributed by atoms with E-state index in [9.17, 15) is 0 Å². The maximum Gasteiger partial charge on any atom is 0.140 e. The molecule has 0 aliphatic rings. The van der Waals surface area contributed by atoms with Crippen LogP contribution in [0.1, 0.15) is 44.6 Å². The molecular formula is C16H25N3. The molecule has 0 saturated heterocycles. The third kappa shape index (κ3) is 3.57. The minimum absolute atomic E-state index is 0.699. The summed E-state index contributed by atoms with van der Waals surface area (Å²) in [5, 5.41) is 1.27. The summed E-state index contributed by atoms with van der Waals surface area (Å²) in [6.45, 7) is 4.02. The van der Waals surface area contributed by atoms with Crippen molar-refractivity contribution in [3.63, 3.8) is 0 Å². The third-order valence-corrected chi connectivity index (χ3v) is 3.63. The molecule has 0 saturated carbocycles. The summed E-state index contributed by atoms with van der Waals surface area (Å²) in [6, 6.07) is 4.16. The van der Waals surface area contributed by atoms with E-state index in [2.05, 4.69) is 28.7 Å². The molecule has 0 aliphatic carbocycles. The van der Waals surface area contributed by atoms with Gasteiger partial charge < -0.3 is 10.3 Å². The fraction of sp³-hybridized carbons (Fsp3) is 0.562. The quantitative estimate of drug-likeness (QED) is 0.737. The van der Waals surface area contributed by atoms with Gasteiger partial charge in [-0.3, -0.25) is 0 Å². The van der Waals surface area contributed by atoms with Gasteiger partial charge in [-0.25, -0.2) is 4.98 Å². The first-order chi connectivity index (χ1) is 9.36. The number of nitrogens with zero attached hydrogens (tertiary/aromatic N) is 2. The second-order valence-corrected chi connectivity index (χ2v) is 5.18. The molecule has 19 heavy (non-hydrogen) atoms. The molecule has 104 valence electrons. The van der Waals surface area contributed by atoms with Crippen molar-refractivity contribution >= 4 is 11.0 Å². The van der Waals surface area contributed by atoms with Crippen LogP contribution < -0.4 is 5.73 Å². The summed E-state index contributed by atoms with van der Waals surface area (Å²) in [7, 11) is 0. The van der Waals surface area contributed by atoms with Gasteiger partial charge in [-0.1, -0.05) is 32.6 Å². The first-order valence-corrected chi connectivity index (χ1v) is 7.49. The Morgan fingerprint density at radius 1 is 1.21 bits per heavy atom. The van der Waals surface area contributed by atoms with Crippen LogP contribution in [-0.4, -0.2) is 16.1 Å². The van der Waals surface area contributed by atoms with Crippen LogP contribution in [0, 0.1) is 0 Å². The van der Waals surface area contributed by atoms with Gasteiger partial charge in [0.15, 0.2) is 0 Å². The van der Waals surface area contributed by atoms with E-state index in [-0.39, 0.29) is 0 Å². The molecule has 0 atom stereocenters. The van der Waals surface area contributed by atoms with E-state index in [4.69, 9.17) is 5.73 Å². The molecule has 2 aromatic rings. The molecule has 2 N–H and O–H groups in total. The fourth-order valence-electron chi connectivity index (χ4n) is 2.61. The number of hydrogen-bond donors (Lipinski definition) is 1. The Kier molecular flexibility index (Phi) is 5.40. The molecule has 2 aromatic heterocycles. The van der Waals surface area contributed by atoms with Crippen molar-refractivity contribution in [1.82, 2.24) is 9.55 Å². The van der Waals surface area contributed by atoms with Crippen LogP contribution >= 0.6 is 0 Å². The second-order valence-electron chi connectivity index (χ2n) is 5.18. The number of nitrogens with two attached hydrogens (primary N) is 1. The number of aryl methyl sites for hydroxylation is 1. The van der Waals surface area contributed by atoms with Gasteiger partial charge >= 0.3 is 0 Å². The standard InChI is InChI=1S/C16H25N3/c1-2-3-4-5-6-12-19-13-14(9-10-17)15-8-7-11-18-16(15)19/h7-8,11,13H,2-6,9-10,12,17H2,1H3. The molecule has 0 unspecified atom stereocenters. The minimum atomic E-state index is 0.699. The van der Waals surface area contributed by atoms with Crippen molar-refractivity contribution in [1.29, 1.82) is 0 Å². The summed E-state index contributed by atoms with van der Waals surface area (Å²) in [4.78, 5) is 4.52. The third-order valence-electron chi connectivity index (χ3n) is 3.63. The largest absolute Gasteiger partial charge is 0.332 e. The zero-order valence-electron chi connectivity index (χ0n) is 11.9. The van der Waals surface area contributed by atoms with Gasteiger partial charge in [-0.05, 0) is 37.1 Å². The first-order valence-electron chi connectivity index (χ1n) is 7.49. The summed E-state index contributed by atoms with van der Waals surface area (Å²) >= 11 is 0. The van der Waals surface area contributed by atoms with Crippen molar-refractivity contribution in [3.8, 4) is 0 Å². The fourth-order valence-corrected chi connectivity index (χ4v) is 2.61. The number of aromatic nitrogens is 2. The van der Waals surface area contributed by atoms with Crippen molar-refractivity contribution < 1.29 is 0 Å². The highest BCUT2D eigenvalue weighted by Crippen LogP contribution is 2.20. The predicted molar refractivity (Wildman–Crippen MR) is 81.3 cm³/mol. The van der Waals surface area contributed by atoms with E-state index in [1.165, 1.54) is 43.1 Å². The second kappa shape index (κ2) is 7.29. The van der Waals surface area contributed by atoms with Gasteiger partial charge in [0.05, 0.1) is 0 Å². The number of rotatable bonds is 8. The van der Waals surface area contributed by atoms with Gasteiger partial charge in [0.2, 0.25) is 0 Å². The summed E-state index contributed by atoms with van der Waals surface area (Å²) in [5.41, 5.74) is 8.13. The highest BCUT2D eigenvalue weighted by atomic mass is 15.0. The maximum atomic E-state index is 5.69. The minimum Gasteiger partial charge on any atom is -0.332 e. The van der Waals surface area contributed by atoms with Crippen molar-refractivity contribution in [2.24, 2.45) is 5.73 Å². The van der Waals surface area contributed by atoms with Crippen LogP contribution in [-0.2, 0) is 13.0 Å². The highest BCUT2D eigenvalue weighted by molar-refractivity contribution is 5.80. The van der Waals surface area contributed by atoms with Gasteiger partial charge in [0, 0.05) is 24.3 Å². The van der Waals surface area contributed by atoms with E-state index >= 15 is 0 Å². The number of pyridine rings is 1. The van der Waals surface area contributed by atoms with E-state index < -0.39 is 0 Å². The lowest BCUT2D eigenvalue weighted by Crippen LogP contribution is -2.02. The molecule has 3 nitrogen and oxygen atoms in total. The van der Waals surface area contributed by atoms with E-state index in [1.54, 1.807) is 0 Å². The normalized spacial score (nSPS) is 11.3. The molecule has 2 rings (SSSR count). The average molecular weight is 259 g/mol. The highest BCUT2D eigenvalue weighted by Gasteiger charge is 2.08. The van der Waals surface area contributed by atoms with E-state index in [0.717, 1.165) is 18.6 Å². The van der Waals surface area contributed by atoms with Crippen LogP contribution in [0.15, 0.2) is 24.5 Å². The molecule has 0 amide bonds. The van der Waals surface area contributed by atoms with Crippen LogP contribution in [0.5, 0.6) is 0 Å². The lowest BCUT2D eigenvalue weighted by Gasteiger charge is -2.04. The monoisotopic (exact) mass is 259 g/mol. The van der Waals surface area contributed by atoms with Crippen molar-refractivity contribution in [3.05, 3.63) is 30.1 Å². The van der Waals surface area contributed by atoms with Gasteiger partial charge in [0.1, 0.15) is 5.65 Å². The van der Waals surface area contributed by atoms with Crippen LogP contribution in [0.3, 0.4) is 0 Å². The molecule has 0 spiro atoms. The Balaban J connectivity index is 2.05. The molecule has 0 aromatic carbocycles. The number of fused-ring (bicyclic) bond motifs is 1. The Labute approximate surface area is 115 Å². The summed E-state index contributed by atoms with van der Waals surface area (Å²) in [5.74, 6) is 0. The Bertz CT molecular complexity index is 502. The molecule has 0 aliphatic heterocycles. The SMILES string of the molecule is CCCCCCCn1cc(CCN)c2cccnc21. The van der Waals surface area contributed by atoms with Crippen LogP contribution in [0.4, 0.5) is 0 Å². The zero-order valence-corrected chi connectivity index (χ0v) is 11.9. The summed E-state index contributed by atoms with van der Waals surface area (Å²) in [6.07, 6.45) is 11.6. The molecule has 0 fully saturated rings. The molecule has 0 bridgehead atoms. The Hall–Kier alpha value is -1.35. The van der Waals surface area contributed by atoms with Crippen LogP contribution in [0.25, 0.3) is 11.0 Å². The molecular weight excluding hydrogens is 234 g/mol.